The smallest absolute Gasteiger partial charge is 0.314 e. The van der Waals surface area contributed by atoms with E-state index in [1.165, 1.54) is 0 Å². The maximum atomic E-state index is 11.1. The van der Waals surface area contributed by atoms with Crippen molar-refractivity contribution in [3.8, 4) is 0 Å². The van der Waals surface area contributed by atoms with Gasteiger partial charge in [0.1, 0.15) is 0 Å². The molecule has 4 heteroatoms. The van der Waals surface area contributed by atoms with Crippen molar-refractivity contribution < 1.29 is 9.21 Å². The van der Waals surface area contributed by atoms with Gasteiger partial charge in [-0.05, 0) is 31.9 Å². The third kappa shape index (κ3) is 3.51. The van der Waals surface area contributed by atoms with Gasteiger partial charge >= 0.3 is 6.03 Å². The Morgan fingerprint density at radius 2 is 2.43 bits per heavy atom. The van der Waals surface area contributed by atoms with Gasteiger partial charge in [-0.3, -0.25) is 0 Å². The maximum absolute atomic E-state index is 11.1. The number of hydrogen-bond donors (Lipinski definition) is 2. The number of rotatable bonds is 4. The van der Waals surface area contributed by atoms with Gasteiger partial charge in [-0.25, -0.2) is 4.79 Å². The van der Waals surface area contributed by atoms with Crippen LogP contribution in [0.3, 0.4) is 0 Å². The second kappa shape index (κ2) is 5.32. The Kier molecular flexibility index (Phi) is 4.04. The molecule has 2 N–H and O–H groups in total. The van der Waals surface area contributed by atoms with E-state index >= 15 is 0 Å². The summed E-state index contributed by atoms with van der Waals surface area (Å²) in [5.41, 5.74) is 1.09. The summed E-state index contributed by atoms with van der Waals surface area (Å²) in [7, 11) is 0. The SMILES string of the molecule is CCNC(=O)NC(C)Cc1ccoc1. The first-order valence-corrected chi connectivity index (χ1v) is 4.77. The highest BCUT2D eigenvalue weighted by molar-refractivity contribution is 5.74. The Morgan fingerprint density at radius 1 is 1.64 bits per heavy atom. The minimum Gasteiger partial charge on any atom is -0.472 e. The molecule has 4 nitrogen and oxygen atoms in total. The van der Waals surface area contributed by atoms with Gasteiger partial charge in [0.2, 0.25) is 0 Å². The Morgan fingerprint density at radius 3 is 3.00 bits per heavy atom. The predicted octanol–water partition coefficient (Wildman–Crippen LogP) is 1.53. The van der Waals surface area contributed by atoms with Crippen LogP contribution >= 0.6 is 0 Å². The summed E-state index contributed by atoms with van der Waals surface area (Å²) < 4.78 is 4.94. The molecule has 1 aromatic heterocycles. The van der Waals surface area contributed by atoms with Crippen LogP contribution < -0.4 is 10.6 Å². The van der Waals surface area contributed by atoms with Crippen molar-refractivity contribution in [1.82, 2.24) is 10.6 Å². The van der Waals surface area contributed by atoms with Gasteiger partial charge < -0.3 is 15.1 Å². The van der Waals surface area contributed by atoms with E-state index in [0.29, 0.717) is 6.54 Å². The fourth-order valence-electron chi connectivity index (χ4n) is 1.25. The second-order valence-electron chi connectivity index (χ2n) is 3.24. The molecule has 0 radical (unpaired) electrons. The van der Waals surface area contributed by atoms with Gasteiger partial charge in [0.25, 0.3) is 0 Å². The molecule has 1 heterocycles. The lowest BCUT2D eigenvalue weighted by molar-refractivity contribution is 0.238. The Balaban J connectivity index is 2.29. The van der Waals surface area contributed by atoms with E-state index < -0.39 is 0 Å². The summed E-state index contributed by atoms with van der Waals surface area (Å²) in [6, 6.07) is 1.89. The molecule has 0 aliphatic carbocycles. The minimum atomic E-state index is -0.122. The summed E-state index contributed by atoms with van der Waals surface area (Å²) >= 11 is 0. The number of amides is 2. The van der Waals surface area contributed by atoms with Gasteiger partial charge in [0.15, 0.2) is 0 Å². The van der Waals surface area contributed by atoms with E-state index in [9.17, 15) is 4.79 Å². The highest BCUT2D eigenvalue weighted by atomic mass is 16.3. The molecule has 0 spiro atoms. The van der Waals surface area contributed by atoms with Crippen molar-refractivity contribution in [2.75, 3.05) is 6.54 Å². The molecule has 1 atom stereocenters. The van der Waals surface area contributed by atoms with Crippen LogP contribution in [0, 0.1) is 0 Å². The quantitative estimate of drug-likeness (QED) is 0.767. The van der Waals surface area contributed by atoms with Crippen LogP contribution in [0.15, 0.2) is 23.0 Å². The highest BCUT2D eigenvalue weighted by Crippen LogP contribution is 2.03. The van der Waals surface area contributed by atoms with E-state index in [1.807, 2.05) is 19.9 Å². The van der Waals surface area contributed by atoms with Gasteiger partial charge in [-0.15, -0.1) is 0 Å². The van der Waals surface area contributed by atoms with E-state index in [2.05, 4.69) is 10.6 Å². The Hall–Kier alpha value is -1.45. The zero-order valence-corrected chi connectivity index (χ0v) is 8.54. The third-order valence-corrected chi connectivity index (χ3v) is 1.84. The van der Waals surface area contributed by atoms with Crippen LogP contribution in [-0.4, -0.2) is 18.6 Å². The van der Waals surface area contributed by atoms with E-state index in [1.54, 1.807) is 12.5 Å². The molecule has 0 aromatic carbocycles. The lowest BCUT2D eigenvalue weighted by Crippen LogP contribution is -2.41. The standard InChI is InChI=1S/C10H16N2O2/c1-3-11-10(13)12-8(2)6-9-4-5-14-7-9/h4-5,7-8H,3,6H2,1-2H3,(H2,11,12,13). The molecule has 0 saturated carbocycles. The van der Waals surface area contributed by atoms with Crippen LogP contribution in [0.25, 0.3) is 0 Å². The molecule has 1 aromatic rings. The molecular weight excluding hydrogens is 180 g/mol. The molecular formula is C10H16N2O2. The molecule has 0 saturated heterocycles. The first-order chi connectivity index (χ1) is 6.72. The first-order valence-electron chi connectivity index (χ1n) is 4.77. The van der Waals surface area contributed by atoms with Gasteiger partial charge in [0.05, 0.1) is 12.5 Å². The lowest BCUT2D eigenvalue weighted by atomic mass is 10.1. The van der Waals surface area contributed by atoms with Crippen molar-refractivity contribution >= 4 is 6.03 Å². The van der Waals surface area contributed by atoms with Crippen molar-refractivity contribution in [1.29, 1.82) is 0 Å². The van der Waals surface area contributed by atoms with Crippen LogP contribution in [0.4, 0.5) is 4.79 Å². The first kappa shape index (κ1) is 10.6. The van der Waals surface area contributed by atoms with Crippen LogP contribution in [0.5, 0.6) is 0 Å². The fraction of sp³-hybridized carbons (Fsp3) is 0.500. The van der Waals surface area contributed by atoms with Crippen molar-refractivity contribution in [3.63, 3.8) is 0 Å². The maximum Gasteiger partial charge on any atom is 0.314 e. The molecule has 1 unspecified atom stereocenters. The molecule has 1 rings (SSSR count). The molecule has 0 aliphatic rings. The average Bonchev–Trinajstić information content (AvgIpc) is 2.56. The molecule has 0 fully saturated rings. The van der Waals surface area contributed by atoms with Crippen molar-refractivity contribution in [2.24, 2.45) is 0 Å². The van der Waals surface area contributed by atoms with E-state index in [4.69, 9.17) is 4.42 Å². The zero-order chi connectivity index (χ0) is 10.4. The van der Waals surface area contributed by atoms with Crippen LogP contribution in [0.1, 0.15) is 19.4 Å². The van der Waals surface area contributed by atoms with Gasteiger partial charge in [-0.1, -0.05) is 0 Å². The number of urea groups is 1. The van der Waals surface area contributed by atoms with Crippen molar-refractivity contribution in [3.05, 3.63) is 24.2 Å². The minimum absolute atomic E-state index is 0.110. The van der Waals surface area contributed by atoms with E-state index in [0.717, 1.165) is 12.0 Å². The molecule has 78 valence electrons. The Labute approximate surface area is 83.7 Å². The number of nitrogens with one attached hydrogen (secondary N) is 2. The summed E-state index contributed by atoms with van der Waals surface area (Å²) in [4.78, 5) is 11.1. The molecule has 14 heavy (non-hydrogen) atoms. The van der Waals surface area contributed by atoms with Gasteiger partial charge in [0, 0.05) is 12.6 Å². The summed E-state index contributed by atoms with van der Waals surface area (Å²) in [5.74, 6) is 0. The summed E-state index contributed by atoms with van der Waals surface area (Å²) in [6.07, 6.45) is 4.11. The number of hydrogen-bond acceptors (Lipinski definition) is 2. The predicted molar refractivity (Wildman–Crippen MR) is 54.1 cm³/mol. The van der Waals surface area contributed by atoms with Crippen molar-refractivity contribution in [2.45, 2.75) is 26.3 Å². The zero-order valence-electron chi connectivity index (χ0n) is 8.54. The van der Waals surface area contributed by atoms with Crippen LogP contribution in [0.2, 0.25) is 0 Å². The number of carbonyl (C=O) groups excluding carboxylic acids is 1. The number of carbonyl (C=O) groups is 1. The van der Waals surface area contributed by atoms with Gasteiger partial charge in [-0.2, -0.15) is 0 Å². The highest BCUT2D eigenvalue weighted by Gasteiger charge is 2.07. The molecule has 0 aliphatic heterocycles. The van der Waals surface area contributed by atoms with Crippen LogP contribution in [-0.2, 0) is 6.42 Å². The summed E-state index contributed by atoms with van der Waals surface area (Å²) in [5, 5.41) is 5.51. The lowest BCUT2D eigenvalue weighted by Gasteiger charge is -2.12. The fourth-order valence-corrected chi connectivity index (χ4v) is 1.25. The normalized spacial score (nSPS) is 12.1. The number of furan rings is 1. The molecule has 0 bridgehead atoms. The summed E-state index contributed by atoms with van der Waals surface area (Å²) in [6.45, 7) is 4.49. The molecule has 2 amide bonds. The van der Waals surface area contributed by atoms with E-state index in [-0.39, 0.29) is 12.1 Å². The second-order valence-corrected chi connectivity index (χ2v) is 3.24. The average molecular weight is 196 g/mol. The Bertz CT molecular complexity index is 270. The topological polar surface area (TPSA) is 54.3 Å². The monoisotopic (exact) mass is 196 g/mol. The largest absolute Gasteiger partial charge is 0.472 e. The third-order valence-electron chi connectivity index (χ3n) is 1.84.